The molecular formula is C13H19N3O2. The summed E-state index contributed by atoms with van der Waals surface area (Å²) in [4.78, 5) is 15.8. The molecule has 5 heteroatoms. The lowest BCUT2D eigenvalue weighted by atomic mass is 10.00. The number of anilines is 1. The van der Waals surface area contributed by atoms with Crippen LogP contribution in [0.3, 0.4) is 0 Å². The molecule has 0 aliphatic carbocycles. The summed E-state index contributed by atoms with van der Waals surface area (Å²) in [5.41, 5.74) is 6.48. The van der Waals surface area contributed by atoms with E-state index in [4.69, 9.17) is 10.5 Å². The van der Waals surface area contributed by atoms with Crippen molar-refractivity contribution in [3.63, 3.8) is 0 Å². The van der Waals surface area contributed by atoms with Gasteiger partial charge in [-0.25, -0.2) is 4.98 Å². The van der Waals surface area contributed by atoms with Crippen molar-refractivity contribution in [1.29, 1.82) is 0 Å². The van der Waals surface area contributed by atoms with E-state index in [0.29, 0.717) is 23.8 Å². The van der Waals surface area contributed by atoms with Gasteiger partial charge in [-0.05, 0) is 25.0 Å². The number of amides is 1. The van der Waals surface area contributed by atoms with Gasteiger partial charge in [-0.2, -0.15) is 0 Å². The minimum atomic E-state index is -0.156. The molecule has 0 saturated carbocycles. The van der Waals surface area contributed by atoms with Crippen LogP contribution in [0, 0.1) is 5.92 Å². The first kappa shape index (κ1) is 12.8. The maximum Gasteiger partial charge on any atom is 0.269 e. The van der Waals surface area contributed by atoms with Gasteiger partial charge in [0.1, 0.15) is 5.69 Å². The lowest BCUT2D eigenvalue weighted by Gasteiger charge is -2.17. The Morgan fingerprint density at radius 1 is 1.61 bits per heavy atom. The van der Waals surface area contributed by atoms with E-state index >= 15 is 0 Å². The van der Waals surface area contributed by atoms with E-state index in [1.54, 1.807) is 12.1 Å². The average Bonchev–Trinajstić information content (AvgIpc) is 2.84. The zero-order chi connectivity index (χ0) is 13.0. The fourth-order valence-corrected chi connectivity index (χ4v) is 2.23. The van der Waals surface area contributed by atoms with Crippen molar-refractivity contribution < 1.29 is 9.53 Å². The molecule has 1 aliphatic rings. The van der Waals surface area contributed by atoms with Crippen LogP contribution >= 0.6 is 0 Å². The van der Waals surface area contributed by atoms with Crippen molar-refractivity contribution >= 4 is 11.6 Å². The van der Waals surface area contributed by atoms with E-state index in [9.17, 15) is 4.79 Å². The number of pyridine rings is 1. The standard InChI is InChI=1S/C13H19N3O2/c1-2-12-9(5-6-18-12)7-16-13(17)11-4-3-10(14)8-15-11/h3-4,8-9,12H,2,5-7,14H2,1H3,(H,16,17). The highest BCUT2D eigenvalue weighted by molar-refractivity contribution is 5.92. The molecule has 0 spiro atoms. The molecule has 1 amide bonds. The van der Waals surface area contributed by atoms with Crippen molar-refractivity contribution in [3.8, 4) is 0 Å². The average molecular weight is 249 g/mol. The topological polar surface area (TPSA) is 77.2 Å². The third-order valence-electron chi connectivity index (χ3n) is 3.29. The van der Waals surface area contributed by atoms with Crippen LogP contribution in [0.5, 0.6) is 0 Å². The maximum atomic E-state index is 11.9. The van der Waals surface area contributed by atoms with Gasteiger partial charge in [-0.1, -0.05) is 6.92 Å². The molecule has 18 heavy (non-hydrogen) atoms. The number of aromatic nitrogens is 1. The molecule has 3 N–H and O–H groups in total. The van der Waals surface area contributed by atoms with Crippen LogP contribution in [-0.2, 0) is 4.74 Å². The van der Waals surface area contributed by atoms with Gasteiger partial charge < -0.3 is 15.8 Å². The molecule has 2 rings (SSSR count). The highest BCUT2D eigenvalue weighted by Crippen LogP contribution is 2.22. The lowest BCUT2D eigenvalue weighted by Crippen LogP contribution is -2.33. The van der Waals surface area contributed by atoms with Gasteiger partial charge in [0.05, 0.1) is 18.0 Å². The molecule has 2 unspecified atom stereocenters. The van der Waals surface area contributed by atoms with Crippen molar-refractivity contribution in [2.45, 2.75) is 25.9 Å². The number of ether oxygens (including phenoxy) is 1. The second kappa shape index (κ2) is 5.82. The van der Waals surface area contributed by atoms with Crippen LogP contribution in [0.4, 0.5) is 5.69 Å². The Hall–Kier alpha value is -1.62. The van der Waals surface area contributed by atoms with Gasteiger partial charge in [-0.15, -0.1) is 0 Å². The molecule has 1 fully saturated rings. The zero-order valence-electron chi connectivity index (χ0n) is 10.6. The highest BCUT2D eigenvalue weighted by Gasteiger charge is 2.26. The van der Waals surface area contributed by atoms with Crippen LogP contribution in [0.1, 0.15) is 30.3 Å². The van der Waals surface area contributed by atoms with E-state index in [-0.39, 0.29) is 12.0 Å². The second-order valence-electron chi connectivity index (χ2n) is 4.55. The molecular weight excluding hydrogens is 230 g/mol. The van der Waals surface area contributed by atoms with E-state index in [1.165, 1.54) is 6.20 Å². The van der Waals surface area contributed by atoms with Crippen molar-refractivity contribution in [3.05, 3.63) is 24.0 Å². The van der Waals surface area contributed by atoms with E-state index in [1.807, 2.05) is 0 Å². The first-order chi connectivity index (χ1) is 8.70. The molecule has 1 aliphatic heterocycles. The van der Waals surface area contributed by atoms with Crippen molar-refractivity contribution in [2.75, 3.05) is 18.9 Å². The summed E-state index contributed by atoms with van der Waals surface area (Å²) < 4.78 is 5.59. The summed E-state index contributed by atoms with van der Waals surface area (Å²) in [6, 6.07) is 3.31. The van der Waals surface area contributed by atoms with E-state index in [2.05, 4.69) is 17.2 Å². The summed E-state index contributed by atoms with van der Waals surface area (Å²) in [6.45, 7) is 3.54. The minimum absolute atomic E-state index is 0.156. The molecule has 1 aromatic rings. The predicted octanol–water partition coefficient (Wildman–Crippen LogP) is 1.21. The SMILES string of the molecule is CCC1OCCC1CNC(=O)c1ccc(N)cn1. The first-order valence-electron chi connectivity index (χ1n) is 6.32. The van der Waals surface area contributed by atoms with Gasteiger partial charge in [0.15, 0.2) is 0 Å². The Kier molecular flexibility index (Phi) is 4.15. The summed E-state index contributed by atoms with van der Waals surface area (Å²) >= 11 is 0. The Morgan fingerprint density at radius 2 is 2.44 bits per heavy atom. The lowest BCUT2D eigenvalue weighted by molar-refractivity contribution is 0.0825. The molecule has 98 valence electrons. The number of carbonyl (C=O) groups excluding carboxylic acids is 1. The zero-order valence-corrected chi connectivity index (χ0v) is 10.6. The smallest absolute Gasteiger partial charge is 0.269 e. The number of carbonyl (C=O) groups is 1. The number of rotatable bonds is 4. The summed E-state index contributed by atoms with van der Waals surface area (Å²) in [5, 5.41) is 2.90. The van der Waals surface area contributed by atoms with Gasteiger partial charge >= 0.3 is 0 Å². The molecule has 0 radical (unpaired) electrons. The number of hydrogen-bond donors (Lipinski definition) is 2. The molecule has 2 atom stereocenters. The highest BCUT2D eigenvalue weighted by atomic mass is 16.5. The third-order valence-corrected chi connectivity index (χ3v) is 3.29. The van der Waals surface area contributed by atoms with Crippen LogP contribution in [-0.4, -0.2) is 30.1 Å². The van der Waals surface area contributed by atoms with Crippen LogP contribution in [0.15, 0.2) is 18.3 Å². The van der Waals surface area contributed by atoms with Crippen LogP contribution in [0.2, 0.25) is 0 Å². The van der Waals surface area contributed by atoms with E-state index < -0.39 is 0 Å². The molecule has 1 saturated heterocycles. The maximum absolute atomic E-state index is 11.9. The quantitative estimate of drug-likeness (QED) is 0.840. The normalized spacial score (nSPS) is 22.9. The monoisotopic (exact) mass is 249 g/mol. The number of nitrogens with zero attached hydrogens (tertiary/aromatic N) is 1. The fraction of sp³-hybridized carbons (Fsp3) is 0.538. The summed E-state index contributed by atoms with van der Waals surface area (Å²) in [6.07, 6.45) is 3.75. The number of hydrogen-bond acceptors (Lipinski definition) is 4. The Bertz CT molecular complexity index is 405. The molecule has 0 aromatic carbocycles. The van der Waals surface area contributed by atoms with Crippen LogP contribution < -0.4 is 11.1 Å². The Balaban J connectivity index is 1.86. The Morgan fingerprint density at radius 3 is 3.11 bits per heavy atom. The number of nitrogens with two attached hydrogens (primary N) is 1. The minimum Gasteiger partial charge on any atom is -0.397 e. The Labute approximate surface area is 107 Å². The predicted molar refractivity (Wildman–Crippen MR) is 69.1 cm³/mol. The van der Waals surface area contributed by atoms with Gasteiger partial charge in [0, 0.05) is 19.1 Å². The largest absolute Gasteiger partial charge is 0.397 e. The summed E-state index contributed by atoms with van der Waals surface area (Å²) in [7, 11) is 0. The van der Waals surface area contributed by atoms with Gasteiger partial charge in [-0.3, -0.25) is 4.79 Å². The van der Waals surface area contributed by atoms with Crippen molar-refractivity contribution in [2.24, 2.45) is 5.92 Å². The molecule has 5 nitrogen and oxygen atoms in total. The van der Waals surface area contributed by atoms with Gasteiger partial charge in [0.2, 0.25) is 0 Å². The van der Waals surface area contributed by atoms with E-state index in [0.717, 1.165) is 19.4 Å². The van der Waals surface area contributed by atoms with Gasteiger partial charge in [0.25, 0.3) is 5.91 Å². The third kappa shape index (κ3) is 2.98. The molecule has 0 bridgehead atoms. The molecule has 1 aromatic heterocycles. The number of nitrogens with one attached hydrogen (secondary N) is 1. The second-order valence-corrected chi connectivity index (χ2v) is 4.55. The van der Waals surface area contributed by atoms with Crippen molar-refractivity contribution in [1.82, 2.24) is 10.3 Å². The number of nitrogen functional groups attached to an aromatic ring is 1. The fourth-order valence-electron chi connectivity index (χ4n) is 2.23. The first-order valence-corrected chi connectivity index (χ1v) is 6.32. The van der Waals surface area contributed by atoms with Crippen LogP contribution in [0.25, 0.3) is 0 Å². The molecule has 2 heterocycles. The summed E-state index contributed by atoms with van der Waals surface area (Å²) in [5.74, 6) is 0.254.